The molecule has 1 N–H and O–H groups in total. The van der Waals surface area contributed by atoms with E-state index in [0.29, 0.717) is 5.56 Å². The fourth-order valence-electron chi connectivity index (χ4n) is 1.54. The third-order valence-corrected chi connectivity index (χ3v) is 2.57. The number of ether oxygens (including phenoxy) is 1. The van der Waals surface area contributed by atoms with Gasteiger partial charge in [0.25, 0.3) is 0 Å². The van der Waals surface area contributed by atoms with Gasteiger partial charge in [-0.2, -0.15) is 13.2 Å². The first-order valence-electron chi connectivity index (χ1n) is 5.79. The second-order valence-corrected chi connectivity index (χ2v) is 4.17. The van der Waals surface area contributed by atoms with E-state index in [9.17, 15) is 18.0 Å². The Morgan fingerprint density at radius 1 is 1.24 bits per heavy atom. The molecule has 0 unspecified atom stereocenters. The Hall–Kier alpha value is -2.35. The number of carbonyl (C=O) groups is 1. The SMILES string of the molecule is O=C(O)c1cc(COCc2ccc(C(F)(F)F)cc2)on1. The Labute approximate surface area is 116 Å². The zero-order valence-electron chi connectivity index (χ0n) is 10.6. The molecule has 0 bridgehead atoms. The summed E-state index contributed by atoms with van der Waals surface area (Å²) in [4.78, 5) is 10.6. The Balaban J connectivity index is 1.87. The summed E-state index contributed by atoms with van der Waals surface area (Å²) >= 11 is 0. The summed E-state index contributed by atoms with van der Waals surface area (Å²) in [5.41, 5.74) is -0.406. The Morgan fingerprint density at radius 3 is 2.43 bits per heavy atom. The predicted octanol–water partition coefficient (Wildman–Crippen LogP) is 3.11. The van der Waals surface area contributed by atoms with Gasteiger partial charge in [0.2, 0.25) is 0 Å². The number of carboxylic acid groups (broad SMARTS) is 1. The van der Waals surface area contributed by atoms with E-state index in [2.05, 4.69) is 5.16 Å². The van der Waals surface area contributed by atoms with Crippen molar-refractivity contribution in [1.29, 1.82) is 0 Å². The Bertz CT molecular complexity index is 619. The molecule has 2 aromatic rings. The van der Waals surface area contributed by atoms with Crippen molar-refractivity contribution >= 4 is 5.97 Å². The van der Waals surface area contributed by atoms with E-state index in [4.69, 9.17) is 14.4 Å². The third kappa shape index (κ3) is 4.06. The van der Waals surface area contributed by atoms with Gasteiger partial charge in [-0.3, -0.25) is 0 Å². The zero-order valence-corrected chi connectivity index (χ0v) is 10.6. The van der Waals surface area contributed by atoms with E-state index in [1.54, 1.807) is 0 Å². The lowest BCUT2D eigenvalue weighted by Gasteiger charge is -2.07. The number of halogens is 3. The Morgan fingerprint density at radius 2 is 1.90 bits per heavy atom. The van der Waals surface area contributed by atoms with Gasteiger partial charge in [-0.05, 0) is 17.7 Å². The molecule has 1 heterocycles. The summed E-state index contributed by atoms with van der Waals surface area (Å²) in [6.07, 6.45) is -4.37. The third-order valence-electron chi connectivity index (χ3n) is 2.57. The second kappa shape index (κ2) is 5.96. The van der Waals surface area contributed by atoms with Gasteiger partial charge in [0, 0.05) is 6.07 Å². The number of hydrogen-bond donors (Lipinski definition) is 1. The summed E-state index contributed by atoms with van der Waals surface area (Å²) < 4.78 is 47.0. The summed E-state index contributed by atoms with van der Waals surface area (Å²) in [5, 5.41) is 11.9. The van der Waals surface area contributed by atoms with Crippen molar-refractivity contribution in [2.45, 2.75) is 19.4 Å². The lowest BCUT2D eigenvalue weighted by atomic mass is 10.1. The molecule has 112 valence electrons. The van der Waals surface area contributed by atoms with Gasteiger partial charge in [0.1, 0.15) is 6.61 Å². The highest BCUT2D eigenvalue weighted by Gasteiger charge is 2.29. The van der Waals surface area contributed by atoms with E-state index in [1.807, 2.05) is 0 Å². The number of alkyl halides is 3. The summed E-state index contributed by atoms with van der Waals surface area (Å²) in [6, 6.07) is 5.78. The molecular formula is C13H10F3NO4. The minimum Gasteiger partial charge on any atom is -0.476 e. The van der Waals surface area contributed by atoms with Gasteiger partial charge in [-0.15, -0.1) is 0 Å². The van der Waals surface area contributed by atoms with Crippen molar-refractivity contribution in [3.63, 3.8) is 0 Å². The summed E-state index contributed by atoms with van der Waals surface area (Å²) in [6.45, 7) is 0.0442. The molecule has 0 spiro atoms. The zero-order chi connectivity index (χ0) is 15.5. The van der Waals surface area contributed by atoms with Crippen LogP contribution in [0, 0.1) is 0 Å². The molecule has 0 saturated carbocycles. The molecule has 0 saturated heterocycles. The molecular weight excluding hydrogens is 291 g/mol. The maximum Gasteiger partial charge on any atom is 0.416 e. The van der Waals surface area contributed by atoms with E-state index < -0.39 is 17.7 Å². The normalized spacial score (nSPS) is 11.6. The van der Waals surface area contributed by atoms with Crippen LogP contribution in [0.5, 0.6) is 0 Å². The highest BCUT2D eigenvalue weighted by molar-refractivity contribution is 5.85. The smallest absolute Gasteiger partial charge is 0.416 e. The van der Waals surface area contributed by atoms with Gasteiger partial charge in [-0.1, -0.05) is 17.3 Å². The Kier molecular flexibility index (Phi) is 4.27. The second-order valence-electron chi connectivity index (χ2n) is 4.17. The van der Waals surface area contributed by atoms with Crippen LogP contribution in [0.15, 0.2) is 34.9 Å². The van der Waals surface area contributed by atoms with Crippen molar-refractivity contribution in [2.24, 2.45) is 0 Å². The molecule has 1 aromatic carbocycles. The van der Waals surface area contributed by atoms with Crippen LogP contribution in [0.1, 0.15) is 27.4 Å². The number of benzene rings is 1. The molecule has 0 aliphatic heterocycles. The maximum atomic E-state index is 12.4. The molecule has 0 atom stereocenters. The number of carboxylic acids is 1. The van der Waals surface area contributed by atoms with Crippen LogP contribution in [0.25, 0.3) is 0 Å². The number of aromatic carboxylic acids is 1. The molecule has 8 heteroatoms. The van der Waals surface area contributed by atoms with E-state index in [1.165, 1.54) is 18.2 Å². The average Bonchev–Trinajstić information content (AvgIpc) is 2.87. The van der Waals surface area contributed by atoms with Crippen LogP contribution in [0.4, 0.5) is 13.2 Å². The van der Waals surface area contributed by atoms with Crippen molar-refractivity contribution in [2.75, 3.05) is 0 Å². The van der Waals surface area contributed by atoms with E-state index in [-0.39, 0.29) is 24.7 Å². The van der Waals surface area contributed by atoms with Crippen LogP contribution in [-0.2, 0) is 24.1 Å². The fraction of sp³-hybridized carbons (Fsp3) is 0.231. The van der Waals surface area contributed by atoms with Gasteiger partial charge in [-0.25, -0.2) is 4.79 Å². The fourth-order valence-corrected chi connectivity index (χ4v) is 1.54. The lowest BCUT2D eigenvalue weighted by Crippen LogP contribution is -2.04. The van der Waals surface area contributed by atoms with Gasteiger partial charge in [0.15, 0.2) is 11.5 Å². The monoisotopic (exact) mass is 301 g/mol. The topological polar surface area (TPSA) is 72.6 Å². The van der Waals surface area contributed by atoms with E-state index >= 15 is 0 Å². The summed E-state index contributed by atoms with van der Waals surface area (Å²) in [5.74, 6) is -0.993. The van der Waals surface area contributed by atoms with Crippen molar-refractivity contribution in [3.8, 4) is 0 Å². The average molecular weight is 301 g/mol. The number of rotatable bonds is 5. The van der Waals surface area contributed by atoms with Crippen molar-refractivity contribution in [1.82, 2.24) is 5.16 Å². The minimum absolute atomic E-state index is 0.0265. The van der Waals surface area contributed by atoms with Crippen LogP contribution < -0.4 is 0 Å². The molecule has 1 aromatic heterocycles. The standard InChI is InChI=1S/C13H10F3NO4/c14-13(15,16)9-3-1-8(2-4-9)6-20-7-10-5-11(12(18)19)17-21-10/h1-5H,6-7H2,(H,18,19). The molecule has 5 nitrogen and oxygen atoms in total. The first-order valence-corrected chi connectivity index (χ1v) is 5.79. The molecule has 0 amide bonds. The van der Waals surface area contributed by atoms with E-state index in [0.717, 1.165) is 12.1 Å². The quantitative estimate of drug-likeness (QED) is 0.918. The number of nitrogens with zero attached hydrogens (tertiary/aromatic N) is 1. The van der Waals surface area contributed by atoms with Crippen LogP contribution in [0.3, 0.4) is 0 Å². The largest absolute Gasteiger partial charge is 0.476 e. The van der Waals surface area contributed by atoms with Crippen molar-refractivity contribution < 1.29 is 32.3 Å². The molecule has 0 aliphatic carbocycles. The predicted molar refractivity (Wildman–Crippen MR) is 63.4 cm³/mol. The van der Waals surface area contributed by atoms with Crippen molar-refractivity contribution in [3.05, 3.63) is 52.9 Å². The molecule has 21 heavy (non-hydrogen) atoms. The van der Waals surface area contributed by atoms with Gasteiger partial charge < -0.3 is 14.4 Å². The number of hydrogen-bond acceptors (Lipinski definition) is 4. The summed E-state index contributed by atoms with van der Waals surface area (Å²) in [7, 11) is 0. The molecule has 0 radical (unpaired) electrons. The lowest BCUT2D eigenvalue weighted by molar-refractivity contribution is -0.137. The molecule has 0 aliphatic rings. The minimum atomic E-state index is -4.37. The molecule has 0 fully saturated rings. The molecule has 2 rings (SSSR count). The number of aromatic nitrogens is 1. The maximum absolute atomic E-state index is 12.4. The first-order chi connectivity index (χ1) is 9.86. The highest BCUT2D eigenvalue weighted by atomic mass is 19.4. The first kappa shape index (κ1) is 15.0. The van der Waals surface area contributed by atoms with Crippen LogP contribution in [0.2, 0.25) is 0 Å². The van der Waals surface area contributed by atoms with Gasteiger partial charge >= 0.3 is 12.1 Å². The highest BCUT2D eigenvalue weighted by Crippen LogP contribution is 2.29. The van der Waals surface area contributed by atoms with Crippen LogP contribution >= 0.6 is 0 Å². The van der Waals surface area contributed by atoms with Crippen LogP contribution in [-0.4, -0.2) is 16.2 Å². The van der Waals surface area contributed by atoms with Gasteiger partial charge in [0.05, 0.1) is 12.2 Å².